The molecule has 652 valence electrons. The Bertz CT molecular complexity index is 2920. The molecule has 0 aliphatic carbocycles. The van der Waals surface area contributed by atoms with Gasteiger partial charge in [0.15, 0.2) is 6.10 Å². The van der Waals surface area contributed by atoms with Gasteiger partial charge in [-0.1, -0.05) is 362 Å². The zero-order chi connectivity index (χ0) is 83.6. The lowest BCUT2D eigenvalue weighted by atomic mass is 10.0. The molecule has 0 radical (unpaired) electrons. The van der Waals surface area contributed by atoms with Gasteiger partial charge in [0.05, 0.1) is 26.4 Å². The molecule has 0 bridgehead atoms. The third kappa shape index (κ3) is 88.8. The molecule has 0 fully saturated rings. The molecule has 115 heavy (non-hydrogen) atoms. The van der Waals surface area contributed by atoms with E-state index in [1.165, 1.54) is 109 Å². The van der Waals surface area contributed by atoms with Crippen molar-refractivity contribution < 1.29 is 75.8 Å². The summed E-state index contributed by atoms with van der Waals surface area (Å²) >= 11 is 0. The number of hydrogen-bond donors (Lipinski definition) is 4. The van der Waals surface area contributed by atoms with Crippen LogP contribution in [-0.2, 0) is 55.8 Å². The Balaban J connectivity index is 4.57. The van der Waals surface area contributed by atoms with E-state index < -0.39 is 91.5 Å². The van der Waals surface area contributed by atoms with Crippen molar-refractivity contribution >= 4 is 33.6 Å². The lowest BCUT2D eigenvalue weighted by molar-refractivity contribution is -0.161. The van der Waals surface area contributed by atoms with Crippen molar-refractivity contribution in [2.24, 2.45) is 0 Å². The van der Waals surface area contributed by atoms with Crippen molar-refractivity contribution in [3.63, 3.8) is 0 Å². The number of unbranched alkanes of at least 4 members (excludes halogenated alkanes) is 25. The van der Waals surface area contributed by atoms with E-state index >= 15 is 0 Å². The van der Waals surface area contributed by atoms with E-state index in [-0.39, 0.29) is 19.3 Å². The molecular weight excluding hydrogens is 1480 g/mol. The minimum absolute atomic E-state index is 0.0289. The number of esters is 3. The highest BCUT2D eigenvalue weighted by Gasteiger charge is 2.29. The second-order valence-corrected chi connectivity index (χ2v) is 31.8. The molecule has 0 aliphatic rings. The van der Waals surface area contributed by atoms with E-state index in [9.17, 15) is 43.5 Å². The average Bonchev–Trinajstić information content (AvgIpc) is 0.902. The largest absolute Gasteiger partial charge is 0.472 e. The van der Waals surface area contributed by atoms with Crippen LogP contribution in [0.5, 0.6) is 0 Å². The van der Waals surface area contributed by atoms with Crippen LogP contribution in [0.1, 0.15) is 329 Å². The number of aliphatic hydroxyl groups is 2. The third-order valence-electron chi connectivity index (χ3n) is 18.0. The molecule has 5 atom stereocenters. The zero-order valence-corrected chi connectivity index (χ0v) is 73.4. The first kappa shape index (κ1) is 109. The van der Waals surface area contributed by atoms with Gasteiger partial charge in [0.1, 0.15) is 25.4 Å². The molecular formula is C97H158O16P2. The number of phosphoric acid groups is 2. The molecule has 0 heterocycles. The number of rotatable bonds is 82. The summed E-state index contributed by atoms with van der Waals surface area (Å²) < 4.78 is 61.3. The fraction of sp³-hybridized carbons (Fsp3) is 0.619. The molecule has 0 aromatic heterocycles. The summed E-state index contributed by atoms with van der Waals surface area (Å²) in [7, 11) is -9.84. The fourth-order valence-electron chi connectivity index (χ4n) is 11.4. The van der Waals surface area contributed by atoms with E-state index in [4.69, 9.17) is 32.3 Å². The molecule has 0 amide bonds. The van der Waals surface area contributed by atoms with Crippen LogP contribution in [0, 0.1) is 0 Å². The topological polar surface area (TPSA) is 231 Å². The molecule has 0 spiro atoms. The highest BCUT2D eigenvalue weighted by molar-refractivity contribution is 7.47. The highest BCUT2D eigenvalue weighted by Crippen LogP contribution is 2.45. The molecule has 0 aromatic carbocycles. The molecule has 0 rings (SSSR count). The van der Waals surface area contributed by atoms with E-state index in [2.05, 4.69) is 209 Å². The number of phosphoric ester groups is 2. The first-order chi connectivity index (χ1) is 56.2. The van der Waals surface area contributed by atoms with Crippen molar-refractivity contribution in [2.45, 2.75) is 347 Å². The van der Waals surface area contributed by atoms with Crippen molar-refractivity contribution in [2.75, 3.05) is 39.6 Å². The summed E-state index contributed by atoms with van der Waals surface area (Å²) in [4.78, 5) is 58.8. The van der Waals surface area contributed by atoms with E-state index in [0.29, 0.717) is 25.7 Å². The molecule has 4 N–H and O–H groups in total. The number of aliphatic hydroxyl groups excluding tert-OH is 2. The van der Waals surface area contributed by atoms with Gasteiger partial charge in [0.25, 0.3) is 0 Å². The Hall–Kier alpha value is -5.87. The lowest BCUT2D eigenvalue weighted by Gasteiger charge is -2.21. The Kier molecular flexibility index (Phi) is 83.0. The summed E-state index contributed by atoms with van der Waals surface area (Å²) in [5.41, 5.74) is 0. The Morgan fingerprint density at radius 1 is 0.243 bits per heavy atom. The van der Waals surface area contributed by atoms with Crippen LogP contribution in [0.25, 0.3) is 0 Å². The Morgan fingerprint density at radius 2 is 0.452 bits per heavy atom. The lowest BCUT2D eigenvalue weighted by Crippen LogP contribution is -2.29. The van der Waals surface area contributed by atoms with Crippen LogP contribution in [-0.4, -0.2) is 95.9 Å². The van der Waals surface area contributed by atoms with Crippen molar-refractivity contribution in [1.82, 2.24) is 0 Å². The van der Waals surface area contributed by atoms with Gasteiger partial charge in [-0.25, -0.2) is 9.13 Å². The van der Waals surface area contributed by atoms with Crippen LogP contribution in [0.4, 0.5) is 0 Å². The van der Waals surface area contributed by atoms with Gasteiger partial charge in [0, 0.05) is 19.3 Å². The molecule has 0 saturated carbocycles. The van der Waals surface area contributed by atoms with Crippen molar-refractivity contribution in [1.29, 1.82) is 0 Å². The van der Waals surface area contributed by atoms with Crippen molar-refractivity contribution in [3.05, 3.63) is 207 Å². The predicted octanol–water partition coefficient (Wildman–Crippen LogP) is 27.2. The van der Waals surface area contributed by atoms with E-state index in [1.807, 2.05) is 18.2 Å². The number of hydrogen-bond acceptors (Lipinski definition) is 14. The second kappa shape index (κ2) is 87.4. The van der Waals surface area contributed by atoms with Gasteiger partial charge in [0.2, 0.25) is 0 Å². The monoisotopic (exact) mass is 1640 g/mol. The van der Waals surface area contributed by atoms with Gasteiger partial charge in [-0.05, 0) is 154 Å². The van der Waals surface area contributed by atoms with Gasteiger partial charge in [-0.3, -0.25) is 32.5 Å². The van der Waals surface area contributed by atoms with Crippen LogP contribution in [0.15, 0.2) is 207 Å². The predicted molar refractivity (Wildman–Crippen MR) is 481 cm³/mol. The standard InChI is InChI=1S/C97H158O16P2/c1-4-7-10-13-16-19-22-25-28-31-34-36-38-40-41-42-43-44-45-46-47-48-49-51-53-54-57-59-62-65-68-71-74-77-80-83-95(100)107-86-92(98)87-109-114(103,104)110-88-93(99)89-111-115(105,106)112-91-94(113-97(102)85-82-79-76-73-70-67-64-61-56-33-30-27-24-21-18-15-12-9-6-3)90-108-96(101)84-81-78-75-72-69-66-63-60-58-55-52-50-39-37-35-32-29-26-23-20-17-14-11-8-5-2/h7-12,16-21,25-30,34-37,40-41,43-44,50,52,56,61,67,70,76,79,92-94,98-99H,4-6,13-15,22-24,31-33,38-39,42,45-49,51,53-55,57-60,62-66,68-69,71-75,77-78,80-91H2,1-3H3,(H,103,104)(H,105,106)/b10-7-,11-8-,12-9-,19-16-,20-17-,21-18-,28-25-,29-26-,30-27-,36-34-,37-35-,41-40-,44-43-,52-50-,61-56-,70-67-,79-76-. The highest BCUT2D eigenvalue weighted by atomic mass is 31.2. The maximum Gasteiger partial charge on any atom is 0.472 e. The molecule has 0 aliphatic heterocycles. The SMILES string of the molecule is CC/C=C\C/C=C\C/C=C\C/C=C\C/C=C\C/C=C\CCCCCCCCCCCCCCCCCCC(=O)OCC(O)COP(=O)(O)OCC(O)COP(=O)(O)OCC(COC(=O)CCCCCCCCCCC/C=C\C/C=C\C/C=C\C/C=C\C/C=C\CC)OC(=O)CC/C=C\C/C=C\C/C=C\C/C=C\C/C=C\C/C=C\CC. The van der Waals surface area contributed by atoms with Gasteiger partial charge >= 0.3 is 33.6 Å². The molecule has 16 nitrogen and oxygen atoms in total. The summed E-state index contributed by atoms with van der Waals surface area (Å²) in [5, 5.41) is 20.7. The van der Waals surface area contributed by atoms with Crippen LogP contribution in [0.2, 0.25) is 0 Å². The number of carbonyl (C=O) groups excluding carboxylic acids is 3. The number of carbonyl (C=O) groups is 3. The molecule has 0 saturated heterocycles. The molecule has 0 aromatic rings. The first-order valence-electron chi connectivity index (χ1n) is 44.4. The van der Waals surface area contributed by atoms with E-state index in [0.717, 1.165) is 154 Å². The maximum absolute atomic E-state index is 13.0. The average molecular weight is 1640 g/mol. The summed E-state index contributed by atoms with van der Waals surface area (Å²) in [6.45, 7) is 2.25. The second-order valence-electron chi connectivity index (χ2n) is 28.9. The van der Waals surface area contributed by atoms with Crippen molar-refractivity contribution in [3.8, 4) is 0 Å². The molecule has 18 heteroatoms. The molecule has 5 unspecified atom stereocenters. The number of allylic oxidation sites excluding steroid dienone is 34. The summed E-state index contributed by atoms with van der Waals surface area (Å²) in [6, 6.07) is 0. The Morgan fingerprint density at radius 3 is 0.722 bits per heavy atom. The van der Waals surface area contributed by atoms with Crippen LogP contribution < -0.4 is 0 Å². The quantitative estimate of drug-likeness (QED) is 0.0146. The number of ether oxygens (including phenoxy) is 3. The van der Waals surface area contributed by atoms with Gasteiger partial charge < -0.3 is 34.2 Å². The van der Waals surface area contributed by atoms with E-state index in [1.54, 1.807) is 0 Å². The minimum atomic E-state index is -4.97. The van der Waals surface area contributed by atoms with Crippen LogP contribution >= 0.6 is 15.6 Å². The Labute approximate surface area is 699 Å². The maximum atomic E-state index is 13.0. The minimum Gasteiger partial charge on any atom is -0.463 e. The van der Waals surface area contributed by atoms with Gasteiger partial charge in [-0.15, -0.1) is 0 Å². The zero-order valence-electron chi connectivity index (χ0n) is 71.6. The fourth-order valence-corrected chi connectivity index (χ4v) is 13.0. The van der Waals surface area contributed by atoms with Gasteiger partial charge in [-0.2, -0.15) is 0 Å². The first-order valence-corrected chi connectivity index (χ1v) is 47.4. The smallest absolute Gasteiger partial charge is 0.463 e. The summed E-state index contributed by atoms with van der Waals surface area (Å²) in [6.07, 6.45) is 118. The normalized spacial score (nSPS) is 14.8. The third-order valence-corrected chi connectivity index (χ3v) is 19.9. The summed E-state index contributed by atoms with van der Waals surface area (Å²) in [5.74, 6) is -1.69. The van der Waals surface area contributed by atoms with Crippen LogP contribution in [0.3, 0.4) is 0 Å².